The van der Waals surface area contributed by atoms with E-state index in [4.69, 9.17) is 21.3 Å². The van der Waals surface area contributed by atoms with Crippen LogP contribution in [0.4, 0.5) is 5.69 Å². The Hall–Kier alpha value is -4.01. The molecule has 0 unspecified atom stereocenters. The number of likely N-dealkylation sites (N-methyl/N-ethyl adjacent to an activating group) is 1. The molecule has 2 aliphatic heterocycles. The molecule has 6 rings (SSSR count). The van der Waals surface area contributed by atoms with Crippen LogP contribution in [0, 0.1) is 0 Å². The number of hydrogen-bond donors (Lipinski definition) is 0. The second kappa shape index (κ2) is 10.3. The number of nitrogens with zero attached hydrogens (tertiary/aromatic N) is 3. The summed E-state index contributed by atoms with van der Waals surface area (Å²) in [5.74, 6) is -0.610. The fourth-order valence-corrected chi connectivity index (χ4v) is 5.42. The highest BCUT2D eigenvalue weighted by atomic mass is 35.5. The molecular formula is C31H26ClN3O4. The van der Waals surface area contributed by atoms with Crippen molar-refractivity contribution in [3.05, 3.63) is 136 Å². The van der Waals surface area contributed by atoms with Crippen LogP contribution in [0.15, 0.2) is 109 Å². The first kappa shape index (κ1) is 25.3. The van der Waals surface area contributed by atoms with Gasteiger partial charge in [0.2, 0.25) is 5.91 Å². The molecule has 2 heterocycles. The van der Waals surface area contributed by atoms with Gasteiger partial charge in [-0.3, -0.25) is 19.3 Å². The zero-order valence-electron chi connectivity index (χ0n) is 21.2. The van der Waals surface area contributed by atoms with E-state index in [1.807, 2.05) is 91.0 Å². The molecule has 2 aliphatic rings. The summed E-state index contributed by atoms with van der Waals surface area (Å²) in [4.78, 5) is 42.5. The molecule has 0 radical (unpaired) electrons. The summed E-state index contributed by atoms with van der Waals surface area (Å²) >= 11 is 6.57. The predicted molar refractivity (Wildman–Crippen MR) is 147 cm³/mol. The van der Waals surface area contributed by atoms with Crippen LogP contribution in [0.25, 0.3) is 0 Å². The minimum absolute atomic E-state index is 0.121. The normalized spacial score (nSPS) is 21.3. The average molecular weight is 540 g/mol. The van der Waals surface area contributed by atoms with Gasteiger partial charge in [-0.15, -0.1) is 5.06 Å². The number of amides is 2. The van der Waals surface area contributed by atoms with Gasteiger partial charge in [-0.25, -0.2) is 0 Å². The fraction of sp³-hybridized carbons (Fsp3) is 0.161. The lowest BCUT2D eigenvalue weighted by molar-refractivity contribution is -0.368. The molecule has 0 aromatic heterocycles. The van der Waals surface area contributed by atoms with Crippen LogP contribution >= 0.6 is 11.6 Å². The standard InChI is InChI=1S/C31H26ClN3O4/c1-33-27-18-17-25(32)19-26(27)31(24-15-9-4-10-16-24)34(20-28(33)36)39-29(23-13-7-3-8-14-23)30(37)35(31)38-21-22-11-5-2-6-12-22/h2-19,29H,20-21H2,1H3/t29-,31-/m0/s1. The average Bonchev–Trinajstić information content (AvgIpc) is 3.06. The van der Waals surface area contributed by atoms with E-state index in [1.54, 1.807) is 35.2 Å². The summed E-state index contributed by atoms with van der Waals surface area (Å²) in [6.07, 6.45) is -1.03. The second-order valence-corrected chi connectivity index (χ2v) is 9.91. The number of benzene rings is 4. The minimum Gasteiger partial charge on any atom is -0.314 e. The largest absolute Gasteiger partial charge is 0.314 e. The van der Waals surface area contributed by atoms with Gasteiger partial charge in [0.15, 0.2) is 11.8 Å². The van der Waals surface area contributed by atoms with E-state index < -0.39 is 17.7 Å². The smallest absolute Gasteiger partial charge is 0.284 e. The highest BCUT2D eigenvalue weighted by molar-refractivity contribution is 6.30. The molecule has 196 valence electrons. The first-order chi connectivity index (χ1) is 19.0. The zero-order valence-corrected chi connectivity index (χ0v) is 22.0. The monoisotopic (exact) mass is 539 g/mol. The van der Waals surface area contributed by atoms with Gasteiger partial charge in [-0.1, -0.05) is 103 Å². The van der Waals surface area contributed by atoms with Gasteiger partial charge in [-0.05, 0) is 29.3 Å². The number of fused-ring (bicyclic) bond motifs is 3. The van der Waals surface area contributed by atoms with Crippen LogP contribution in [-0.2, 0) is 31.5 Å². The van der Waals surface area contributed by atoms with E-state index in [2.05, 4.69) is 0 Å². The van der Waals surface area contributed by atoms with Crippen LogP contribution in [0.5, 0.6) is 0 Å². The van der Waals surface area contributed by atoms with Crippen molar-refractivity contribution in [1.82, 2.24) is 10.1 Å². The number of hydrogen-bond acceptors (Lipinski definition) is 5. The van der Waals surface area contributed by atoms with Gasteiger partial charge in [-0.2, -0.15) is 5.06 Å². The molecule has 4 aromatic carbocycles. The van der Waals surface area contributed by atoms with Crippen LogP contribution in [-0.4, -0.2) is 35.5 Å². The van der Waals surface area contributed by atoms with Crippen molar-refractivity contribution < 1.29 is 19.3 Å². The van der Waals surface area contributed by atoms with Crippen molar-refractivity contribution in [3.63, 3.8) is 0 Å². The second-order valence-electron chi connectivity index (χ2n) is 9.48. The van der Waals surface area contributed by atoms with Crippen LogP contribution in [0.1, 0.15) is 28.4 Å². The molecular weight excluding hydrogens is 514 g/mol. The number of carbonyl (C=O) groups is 2. The van der Waals surface area contributed by atoms with Crippen LogP contribution < -0.4 is 4.90 Å². The molecule has 0 aliphatic carbocycles. The lowest BCUT2D eigenvalue weighted by Crippen LogP contribution is -2.66. The zero-order chi connectivity index (χ0) is 27.0. The molecule has 1 saturated heterocycles. The topological polar surface area (TPSA) is 62.3 Å². The van der Waals surface area contributed by atoms with Gasteiger partial charge in [0.25, 0.3) is 5.91 Å². The number of halogens is 1. The highest BCUT2D eigenvalue weighted by Crippen LogP contribution is 2.51. The molecule has 39 heavy (non-hydrogen) atoms. The number of anilines is 1. The van der Waals surface area contributed by atoms with Crippen molar-refractivity contribution in [2.45, 2.75) is 18.4 Å². The Morgan fingerprint density at radius 2 is 1.54 bits per heavy atom. The summed E-state index contributed by atoms with van der Waals surface area (Å²) in [6, 6.07) is 33.6. The minimum atomic E-state index is -1.46. The van der Waals surface area contributed by atoms with Crippen molar-refractivity contribution in [3.8, 4) is 0 Å². The van der Waals surface area contributed by atoms with Gasteiger partial charge in [0.05, 0.1) is 5.69 Å². The Balaban J connectivity index is 1.62. The Labute approximate surface area is 231 Å². The Bertz CT molecular complexity index is 1500. The molecule has 8 heteroatoms. The molecule has 0 spiro atoms. The van der Waals surface area contributed by atoms with E-state index in [0.29, 0.717) is 27.4 Å². The first-order valence-corrected chi connectivity index (χ1v) is 13.0. The summed E-state index contributed by atoms with van der Waals surface area (Å²) in [7, 11) is 1.71. The van der Waals surface area contributed by atoms with Crippen LogP contribution in [0.2, 0.25) is 5.02 Å². The summed E-state index contributed by atoms with van der Waals surface area (Å²) in [5, 5.41) is 3.39. The molecule has 7 nitrogen and oxygen atoms in total. The third kappa shape index (κ3) is 4.30. The Morgan fingerprint density at radius 3 is 2.23 bits per heavy atom. The number of hydroxylamine groups is 4. The molecule has 2 atom stereocenters. The third-order valence-corrected chi connectivity index (χ3v) is 7.38. The molecule has 0 saturated carbocycles. The molecule has 2 amide bonds. The quantitative estimate of drug-likeness (QED) is 0.337. The maximum atomic E-state index is 14.5. The van der Waals surface area contributed by atoms with E-state index >= 15 is 0 Å². The summed E-state index contributed by atoms with van der Waals surface area (Å²) in [6.45, 7) is -0.0182. The van der Waals surface area contributed by atoms with Gasteiger partial charge < -0.3 is 4.90 Å². The van der Waals surface area contributed by atoms with E-state index in [9.17, 15) is 9.59 Å². The van der Waals surface area contributed by atoms with E-state index in [1.165, 1.54) is 5.06 Å². The van der Waals surface area contributed by atoms with Crippen molar-refractivity contribution >= 4 is 29.1 Å². The molecule has 4 aromatic rings. The summed E-state index contributed by atoms with van der Waals surface area (Å²) in [5.41, 5.74) is 1.94. The van der Waals surface area contributed by atoms with Crippen molar-refractivity contribution in [2.24, 2.45) is 0 Å². The van der Waals surface area contributed by atoms with Gasteiger partial charge in [0, 0.05) is 23.2 Å². The summed E-state index contributed by atoms with van der Waals surface area (Å²) < 4.78 is 0. The Kier molecular flexibility index (Phi) is 6.66. The lowest BCUT2D eigenvalue weighted by Gasteiger charge is -2.53. The van der Waals surface area contributed by atoms with Gasteiger partial charge in [0.1, 0.15) is 13.2 Å². The molecule has 1 fully saturated rings. The first-order valence-electron chi connectivity index (χ1n) is 12.6. The SMILES string of the molecule is CN1C(=O)CN2O[C@@H](c3ccccc3)C(=O)N(OCc3ccccc3)[C@@]2(c2ccccc2)c2cc(Cl)ccc21. The van der Waals surface area contributed by atoms with E-state index in [-0.39, 0.29) is 19.1 Å². The number of carbonyl (C=O) groups excluding carboxylic acids is 2. The van der Waals surface area contributed by atoms with Gasteiger partial charge >= 0.3 is 0 Å². The van der Waals surface area contributed by atoms with E-state index in [0.717, 1.165) is 5.56 Å². The lowest BCUT2D eigenvalue weighted by atomic mass is 9.87. The molecule has 0 bridgehead atoms. The molecule has 0 N–H and O–H groups in total. The maximum Gasteiger partial charge on any atom is 0.284 e. The van der Waals surface area contributed by atoms with Crippen molar-refractivity contribution in [2.75, 3.05) is 18.5 Å². The highest BCUT2D eigenvalue weighted by Gasteiger charge is 2.59. The Morgan fingerprint density at radius 1 is 0.897 bits per heavy atom. The maximum absolute atomic E-state index is 14.5. The third-order valence-electron chi connectivity index (χ3n) is 7.14. The predicted octanol–water partition coefficient (Wildman–Crippen LogP) is 5.47. The fourth-order valence-electron chi connectivity index (χ4n) is 5.24. The number of rotatable bonds is 5. The van der Waals surface area contributed by atoms with Crippen molar-refractivity contribution in [1.29, 1.82) is 0 Å². The van der Waals surface area contributed by atoms with Crippen LogP contribution in [0.3, 0.4) is 0 Å².